The van der Waals surface area contributed by atoms with Gasteiger partial charge >= 0.3 is 0 Å². The fourth-order valence-electron chi connectivity index (χ4n) is 4.57. The van der Waals surface area contributed by atoms with Crippen molar-refractivity contribution in [1.82, 2.24) is 0 Å². The molecule has 3 aromatic carbocycles. The maximum absolute atomic E-state index is 9.78. The summed E-state index contributed by atoms with van der Waals surface area (Å²) in [5.74, 6) is 1.07. The Kier molecular flexibility index (Phi) is 8.35. The molecule has 0 aliphatic carbocycles. The van der Waals surface area contributed by atoms with Crippen molar-refractivity contribution < 1.29 is 9.84 Å². The van der Waals surface area contributed by atoms with E-state index in [-0.39, 0.29) is 12.5 Å². The van der Waals surface area contributed by atoms with E-state index >= 15 is 0 Å². The minimum Gasteiger partial charge on any atom is -0.489 e. The Morgan fingerprint density at radius 1 is 0.812 bits per heavy atom. The molecule has 0 aliphatic heterocycles. The molecule has 0 amide bonds. The van der Waals surface area contributed by atoms with E-state index in [1.54, 1.807) is 0 Å². The maximum atomic E-state index is 9.78. The van der Waals surface area contributed by atoms with Crippen molar-refractivity contribution in [2.24, 2.45) is 0 Å². The summed E-state index contributed by atoms with van der Waals surface area (Å²) in [5, 5.41) is 9.78. The molecule has 1 atom stereocenters. The zero-order valence-electron chi connectivity index (χ0n) is 20.1. The fourth-order valence-corrected chi connectivity index (χ4v) is 4.57. The molecule has 0 radical (unpaired) electrons. The van der Waals surface area contributed by atoms with Crippen LogP contribution in [0.15, 0.2) is 72.8 Å². The van der Waals surface area contributed by atoms with E-state index in [1.165, 1.54) is 11.3 Å². The van der Waals surface area contributed by atoms with E-state index in [0.29, 0.717) is 18.7 Å². The average molecular weight is 432 g/mol. The molecule has 32 heavy (non-hydrogen) atoms. The largest absolute Gasteiger partial charge is 0.489 e. The first-order valence-electron chi connectivity index (χ1n) is 11.7. The second kappa shape index (κ2) is 11.2. The van der Waals surface area contributed by atoms with E-state index in [9.17, 15) is 5.11 Å². The molecule has 3 heteroatoms. The normalized spacial score (nSPS) is 12.2. The molecule has 0 bridgehead atoms. The molecule has 0 spiro atoms. The molecule has 3 nitrogen and oxygen atoms in total. The first kappa shape index (κ1) is 23.9. The number of benzene rings is 3. The van der Waals surface area contributed by atoms with Crippen LogP contribution in [-0.2, 0) is 13.2 Å². The summed E-state index contributed by atoms with van der Waals surface area (Å²) in [4.78, 5) is 2.45. The molecule has 1 unspecified atom stereocenters. The quantitative estimate of drug-likeness (QED) is 0.378. The van der Waals surface area contributed by atoms with Crippen molar-refractivity contribution >= 4 is 5.69 Å². The van der Waals surface area contributed by atoms with Gasteiger partial charge in [-0.2, -0.15) is 0 Å². The van der Waals surface area contributed by atoms with Crippen LogP contribution in [0.5, 0.6) is 5.75 Å². The van der Waals surface area contributed by atoms with Gasteiger partial charge in [-0.1, -0.05) is 55.5 Å². The van der Waals surface area contributed by atoms with E-state index in [1.807, 2.05) is 30.3 Å². The lowest BCUT2D eigenvalue weighted by Crippen LogP contribution is -2.37. The zero-order valence-corrected chi connectivity index (χ0v) is 20.1. The number of rotatable bonds is 10. The molecule has 0 heterocycles. The highest BCUT2D eigenvalue weighted by atomic mass is 16.5. The lowest BCUT2D eigenvalue weighted by Gasteiger charge is -2.34. The number of hydrogen-bond donors (Lipinski definition) is 1. The van der Waals surface area contributed by atoms with Gasteiger partial charge in [0.15, 0.2) is 0 Å². The topological polar surface area (TPSA) is 32.7 Å². The monoisotopic (exact) mass is 431 g/mol. The summed E-state index contributed by atoms with van der Waals surface area (Å²) >= 11 is 0. The Labute approximate surface area is 193 Å². The molecule has 1 N–H and O–H groups in total. The third-order valence-corrected chi connectivity index (χ3v) is 5.96. The lowest BCUT2D eigenvalue weighted by atomic mass is 9.87. The number of ether oxygens (including phenoxy) is 1. The van der Waals surface area contributed by atoms with Gasteiger partial charge in [0.05, 0.1) is 6.61 Å². The summed E-state index contributed by atoms with van der Waals surface area (Å²) in [5.41, 5.74) is 5.71. The SMILES string of the molecule is CCC(c1cccc(N(C(C)C)C(C)C)c1)c1cc(CO)ccc1OCc1ccccc1. The van der Waals surface area contributed by atoms with Gasteiger partial charge in [0.25, 0.3) is 0 Å². The van der Waals surface area contributed by atoms with Crippen molar-refractivity contribution in [2.75, 3.05) is 4.90 Å². The molecule has 0 aromatic heterocycles. The highest BCUT2D eigenvalue weighted by Crippen LogP contribution is 2.37. The van der Waals surface area contributed by atoms with Gasteiger partial charge in [-0.15, -0.1) is 0 Å². The van der Waals surface area contributed by atoms with Gasteiger partial charge in [0.1, 0.15) is 12.4 Å². The Morgan fingerprint density at radius 3 is 2.16 bits per heavy atom. The lowest BCUT2D eigenvalue weighted by molar-refractivity contribution is 0.280. The summed E-state index contributed by atoms with van der Waals surface area (Å²) in [6, 6.07) is 26.0. The molecule has 0 saturated heterocycles. The summed E-state index contributed by atoms with van der Waals surface area (Å²) in [6.45, 7) is 11.7. The minimum atomic E-state index is 0.0247. The standard InChI is InChI=1S/C29H37NO2/c1-6-27(25-13-10-14-26(18-25)30(21(2)3)22(4)5)28-17-24(19-31)15-16-29(28)32-20-23-11-8-7-9-12-23/h7-18,21-22,27,31H,6,19-20H2,1-5H3. The van der Waals surface area contributed by atoms with E-state index in [4.69, 9.17) is 4.74 Å². The molecule has 0 aliphatic rings. The van der Waals surface area contributed by atoms with Crippen LogP contribution in [0, 0.1) is 0 Å². The van der Waals surface area contributed by atoms with E-state index < -0.39 is 0 Å². The number of anilines is 1. The predicted molar refractivity (Wildman–Crippen MR) is 134 cm³/mol. The van der Waals surface area contributed by atoms with E-state index in [2.05, 4.69) is 82.0 Å². The van der Waals surface area contributed by atoms with Crippen molar-refractivity contribution in [3.05, 3.63) is 95.1 Å². The Bertz CT molecular complexity index is 973. The second-order valence-electron chi connectivity index (χ2n) is 8.96. The van der Waals surface area contributed by atoms with Crippen LogP contribution in [0.25, 0.3) is 0 Å². The first-order chi connectivity index (χ1) is 15.4. The van der Waals surface area contributed by atoms with Crippen LogP contribution in [-0.4, -0.2) is 17.2 Å². The molecule has 0 saturated carbocycles. The molecule has 170 valence electrons. The van der Waals surface area contributed by atoms with Crippen LogP contribution < -0.4 is 9.64 Å². The third-order valence-electron chi connectivity index (χ3n) is 5.96. The van der Waals surface area contributed by atoms with Crippen molar-refractivity contribution in [3.63, 3.8) is 0 Å². The summed E-state index contributed by atoms with van der Waals surface area (Å²) in [6.07, 6.45) is 0.948. The number of aliphatic hydroxyl groups is 1. The molecule has 3 rings (SSSR count). The number of nitrogens with zero attached hydrogens (tertiary/aromatic N) is 1. The van der Waals surface area contributed by atoms with Gasteiger partial charge < -0.3 is 14.7 Å². The molecular formula is C29H37NO2. The number of hydrogen-bond acceptors (Lipinski definition) is 3. The second-order valence-corrected chi connectivity index (χ2v) is 8.96. The van der Waals surface area contributed by atoms with Crippen molar-refractivity contribution in [2.45, 2.75) is 72.3 Å². The van der Waals surface area contributed by atoms with E-state index in [0.717, 1.165) is 28.9 Å². The highest BCUT2D eigenvalue weighted by molar-refractivity contribution is 5.53. The van der Waals surface area contributed by atoms with Gasteiger partial charge in [-0.25, -0.2) is 0 Å². The van der Waals surface area contributed by atoms with Crippen LogP contribution in [0.3, 0.4) is 0 Å². The van der Waals surface area contributed by atoms with Crippen LogP contribution in [0.4, 0.5) is 5.69 Å². The maximum Gasteiger partial charge on any atom is 0.123 e. The Morgan fingerprint density at radius 2 is 1.53 bits per heavy atom. The highest BCUT2D eigenvalue weighted by Gasteiger charge is 2.20. The van der Waals surface area contributed by atoms with Gasteiger partial charge in [-0.05, 0) is 75.1 Å². The minimum absolute atomic E-state index is 0.0247. The van der Waals surface area contributed by atoms with Crippen LogP contribution >= 0.6 is 0 Å². The third kappa shape index (κ3) is 5.72. The Hall–Kier alpha value is -2.78. The van der Waals surface area contributed by atoms with Crippen molar-refractivity contribution in [3.8, 4) is 5.75 Å². The van der Waals surface area contributed by atoms with Crippen LogP contribution in [0.2, 0.25) is 0 Å². The zero-order chi connectivity index (χ0) is 23.1. The molecular weight excluding hydrogens is 394 g/mol. The van der Waals surface area contributed by atoms with Crippen LogP contribution in [0.1, 0.15) is 69.2 Å². The average Bonchev–Trinajstić information content (AvgIpc) is 2.79. The fraction of sp³-hybridized carbons (Fsp3) is 0.379. The van der Waals surface area contributed by atoms with Gasteiger partial charge in [-0.3, -0.25) is 0 Å². The van der Waals surface area contributed by atoms with Crippen molar-refractivity contribution in [1.29, 1.82) is 0 Å². The van der Waals surface area contributed by atoms with Gasteiger partial charge in [0, 0.05) is 29.3 Å². The summed E-state index contributed by atoms with van der Waals surface area (Å²) < 4.78 is 6.29. The van der Waals surface area contributed by atoms with Gasteiger partial charge in [0.2, 0.25) is 0 Å². The number of aliphatic hydroxyl groups excluding tert-OH is 1. The molecule has 0 fully saturated rings. The summed E-state index contributed by atoms with van der Waals surface area (Å²) in [7, 11) is 0. The Balaban J connectivity index is 1.98. The predicted octanol–water partition coefficient (Wildman–Crippen LogP) is 6.92. The first-order valence-corrected chi connectivity index (χ1v) is 11.7. The smallest absolute Gasteiger partial charge is 0.123 e. The molecule has 3 aromatic rings.